The van der Waals surface area contributed by atoms with Crippen LogP contribution in [0, 0.1) is 17.6 Å². The van der Waals surface area contributed by atoms with Gasteiger partial charge in [0.15, 0.2) is 11.6 Å². The summed E-state index contributed by atoms with van der Waals surface area (Å²) in [5, 5.41) is 3.35. The molecule has 1 N–H and O–H groups in total. The maximum atomic E-state index is 13.6. The zero-order chi connectivity index (χ0) is 14.8. The van der Waals surface area contributed by atoms with Crippen LogP contribution in [0.4, 0.5) is 8.78 Å². The third-order valence-electron chi connectivity index (χ3n) is 4.24. The molecule has 2 aromatic rings. The molecule has 1 aliphatic rings. The zero-order valence-corrected chi connectivity index (χ0v) is 12.3. The number of halogens is 2. The summed E-state index contributed by atoms with van der Waals surface area (Å²) < 4.78 is 29.1. The Morgan fingerprint density at radius 2 is 1.95 bits per heavy atom. The molecule has 0 bridgehead atoms. The van der Waals surface area contributed by atoms with Gasteiger partial charge in [-0.05, 0) is 38.3 Å². The molecule has 0 radical (unpaired) electrons. The average molecular weight is 293 g/mol. The molecule has 5 heteroatoms. The molecule has 1 saturated heterocycles. The first-order valence-corrected chi connectivity index (χ1v) is 7.74. The van der Waals surface area contributed by atoms with Crippen molar-refractivity contribution >= 4 is 11.0 Å². The molecule has 0 spiro atoms. The summed E-state index contributed by atoms with van der Waals surface area (Å²) >= 11 is 0. The second kappa shape index (κ2) is 6.10. The molecule has 0 unspecified atom stereocenters. The van der Waals surface area contributed by atoms with Gasteiger partial charge in [-0.3, -0.25) is 0 Å². The van der Waals surface area contributed by atoms with Crippen LogP contribution in [0.5, 0.6) is 0 Å². The van der Waals surface area contributed by atoms with Crippen LogP contribution in [-0.2, 0) is 13.0 Å². The van der Waals surface area contributed by atoms with Gasteiger partial charge in [-0.1, -0.05) is 6.92 Å². The molecule has 114 valence electrons. The van der Waals surface area contributed by atoms with Gasteiger partial charge in [-0.25, -0.2) is 13.8 Å². The van der Waals surface area contributed by atoms with E-state index in [1.54, 1.807) is 0 Å². The number of nitrogens with one attached hydrogen (secondary N) is 1. The van der Waals surface area contributed by atoms with E-state index < -0.39 is 11.6 Å². The summed E-state index contributed by atoms with van der Waals surface area (Å²) in [5.41, 5.74) is 1.28. The first kappa shape index (κ1) is 14.4. The van der Waals surface area contributed by atoms with E-state index in [1.807, 2.05) is 0 Å². The lowest BCUT2D eigenvalue weighted by Gasteiger charge is -2.24. The molecule has 2 heterocycles. The molecule has 0 amide bonds. The Hall–Kier alpha value is -1.49. The molecule has 3 rings (SSSR count). The maximum absolute atomic E-state index is 13.6. The molecule has 1 aromatic carbocycles. The van der Waals surface area contributed by atoms with Gasteiger partial charge in [-0.2, -0.15) is 0 Å². The van der Waals surface area contributed by atoms with Gasteiger partial charge in [-0.15, -0.1) is 0 Å². The normalized spacial score (nSPS) is 16.7. The van der Waals surface area contributed by atoms with Crippen LogP contribution in [0.2, 0.25) is 0 Å². The van der Waals surface area contributed by atoms with Crippen LogP contribution in [0.15, 0.2) is 12.1 Å². The quantitative estimate of drug-likeness (QED) is 0.937. The van der Waals surface area contributed by atoms with Crippen molar-refractivity contribution in [1.29, 1.82) is 0 Å². The minimum absolute atomic E-state index is 0.561. The van der Waals surface area contributed by atoms with Crippen LogP contribution in [0.25, 0.3) is 11.0 Å². The van der Waals surface area contributed by atoms with E-state index in [4.69, 9.17) is 0 Å². The lowest BCUT2D eigenvalue weighted by atomic mass is 9.98. The van der Waals surface area contributed by atoms with E-state index in [0.717, 1.165) is 56.7 Å². The predicted molar refractivity (Wildman–Crippen MR) is 79.2 cm³/mol. The topological polar surface area (TPSA) is 29.9 Å². The highest BCUT2D eigenvalue weighted by Crippen LogP contribution is 2.24. The van der Waals surface area contributed by atoms with E-state index in [-0.39, 0.29) is 0 Å². The molecular weight excluding hydrogens is 272 g/mol. The standard InChI is InChI=1S/C16H21F2N3/c1-2-3-16-20-14-8-12(17)13(18)9-15(14)21(16)10-11-4-6-19-7-5-11/h8-9,11,19H,2-7,10H2,1H3. The van der Waals surface area contributed by atoms with Crippen molar-refractivity contribution in [1.82, 2.24) is 14.9 Å². The number of aryl methyl sites for hydroxylation is 1. The van der Waals surface area contributed by atoms with Crippen LogP contribution < -0.4 is 5.32 Å². The van der Waals surface area contributed by atoms with Crippen molar-refractivity contribution < 1.29 is 8.78 Å². The summed E-state index contributed by atoms with van der Waals surface area (Å²) in [7, 11) is 0. The number of piperidine rings is 1. The third kappa shape index (κ3) is 2.93. The lowest BCUT2D eigenvalue weighted by molar-refractivity contribution is 0.332. The number of aromatic nitrogens is 2. The maximum Gasteiger partial charge on any atom is 0.161 e. The molecule has 0 atom stereocenters. The van der Waals surface area contributed by atoms with Gasteiger partial charge in [0.2, 0.25) is 0 Å². The van der Waals surface area contributed by atoms with Crippen molar-refractivity contribution in [3.8, 4) is 0 Å². The largest absolute Gasteiger partial charge is 0.328 e. The van der Waals surface area contributed by atoms with E-state index >= 15 is 0 Å². The van der Waals surface area contributed by atoms with Gasteiger partial charge in [0.25, 0.3) is 0 Å². The number of nitrogens with zero attached hydrogens (tertiary/aromatic N) is 2. The third-order valence-corrected chi connectivity index (χ3v) is 4.24. The molecule has 3 nitrogen and oxygen atoms in total. The van der Waals surface area contributed by atoms with Crippen LogP contribution >= 0.6 is 0 Å². The van der Waals surface area contributed by atoms with Gasteiger partial charge in [0.1, 0.15) is 5.82 Å². The van der Waals surface area contributed by atoms with Crippen LogP contribution in [0.1, 0.15) is 32.0 Å². The fourth-order valence-electron chi connectivity index (χ4n) is 3.11. The van der Waals surface area contributed by atoms with Crippen molar-refractivity contribution in [2.45, 2.75) is 39.2 Å². The highest BCUT2D eigenvalue weighted by atomic mass is 19.2. The number of fused-ring (bicyclic) bond motifs is 1. The fourth-order valence-corrected chi connectivity index (χ4v) is 3.11. The van der Waals surface area contributed by atoms with Gasteiger partial charge >= 0.3 is 0 Å². The van der Waals surface area contributed by atoms with Gasteiger partial charge in [0.05, 0.1) is 11.0 Å². The average Bonchev–Trinajstić information content (AvgIpc) is 2.79. The van der Waals surface area contributed by atoms with E-state index in [2.05, 4.69) is 21.8 Å². The van der Waals surface area contributed by atoms with Crippen molar-refractivity contribution in [2.75, 3.05) is 13.1 Å². The molecular formula is C16H21F2N3. The van der Waals surface area contributed by atoms with E-state index in [1.165, 1.54) is 12.1 Å². The Morgan fingerprint density at radius 1 is 1.24 bits per heavy atom. The van der Waals surface area contributed by atoms with Gasteiger partial charge < -0.3 is 9.88 Å². The summed E-state index contributed by atoms with van der Waals surface area (Å²) in [6.07, 6.45) is 4.05. The van der Waals surface area contributed by atoms with Gasteiger partial charge in [0, 0.05) is 25.1 Å². The van der Waals surface area contributed by atoms with Crippen molar-refractivity contribution in [3.63, 3.8) is 0 Å². The minimum Gasteiger partial charge on any atom is -0.328 e. The first-order valence-electron chi connectivity index (χ1n) is 7.74. The van der Waals surface area contributed by atoms with E-state index in [0.29, 0.717) is 11.4 Å². The number of imidazole rings is 1. The lowest BCUT2D eigenvalue weighted by Crippen LogP contribution is -2.30. The Morgan fingerprint density at radius 3 is 2.67 bits per heavy atom. The van der Waals surface area contributed by atoms with E-state index in [9.17, 15) is 8.78 Å². The Bertz CT molecular complexity index is 630. The summed E-state index contributed by atoms with van der Waals surface area (Å²) in [5.74, 6) is -0.0996. The Kier molecular flexibility index (Phi) is 4.19. The zero-order valence-electron chi connectivity index (χ0n) is 12.3. The first-order chi connectivity index (χ1) is 10.2. The second-order valence-electron chi connectivity index (χ2n) is 5.84. The number of hydrogen-bond donors (Lipinski definition) is 1. The monoisotopic (exact) mass is 293 g/mol. The summed E-state index contributed by atoms with van der Waals surface area (Å²) in [6.45, 7) is 5.00. The molecule has 21 heavy (non-hydrogen) atoms. The molecule has 1 fully saturated rings. The van der Waals surface area contributed by atoms with Crippen molar-refractivity contribution in [3.05, 3.63) is 29.6 Å². The summed E-state index contributed by atoms with van der Waals surface area (Å²) in [6, 6.07) is 2.50. The summed E-state index contributed by atoms with van der Waals surface area (Å²) in [4.78, 5) is 4.51. The van der Waals surface area contributed by atoms with Crippen molar-refractivity contribution in [2.24, 2.45) is 5.92 Å². The SMILES string of the molecule is CCCc1nc2cc(F)c(F)cc2n1CC1CCNCC1. The minimum atomic E-state index is -0.822. The second-order valence-corrected chi connectivity index (χ2v) is 5.84. The highest BCUT2D eigenvalue weighted by molar-refractivity contribution is 5.76. The fraction of sp³-hybridized carbons (Fsp3) is 0.562. The molecule has 1 aliphatic heterocycles. The Labute approximate surface area is 123 Å². The predicted octanol–water partition coefficient (Wildman–Crippen LogP) is 3.27. The Balaban J connectivity index is 2.00. The smallest absolute Gasteiger partial charge is 0.161 e. The van der Waals surface area contributed by atoms with Crippen LogP contribution in [-0.4, -0.2) is 22.6 Å². The number of rotatable bonds is 4. The number of benzene rings is 1. The molecule has 0 aliphatic carbocycles. The molecule has 0 saturated carbocycles. The highest BCUT2D eigenvalue weighted by Gasteiger charge is 2.19. The number of hydrogen-bond acceptors (Lipinski definition) is 2. The molecule has 1 aromatic heterocycles. The van der Waals surface area contributed by atoms with Crippen LogP contribution in [0.3, 0.4) is 0 Å².